The first-order chi connectivity index (χ1) is 14.0. The SMILES string of the molecule is CCOC(=O)/C(Cc1ccc([N+](=O)[O-])cc1)=N\Nc1nc(=O)[nH]c2ccccc12. The molecule has 0 aliphatic rings. The topological polar surface area (TPSA) is 140 Å². The van der Waals surface area contributed by atoms with Gasteiger partial charge in [0, 0.05) is 23.9 Å². The zero-order valence-corrected chi connectivity index (χ0v) is 15.4. The van der Waals surface area contributed by atoms with E-state index in [1.165, 1.54) is 24.3 Å². The first kappa shape index (κ1) is 19.7. The number of benzene rings is 2. The van der Waals surface area contributed by atoms with E-state index in [4.69, 9.17) is 4.74 Å². The molecule has 1 heterocycles. The minimum absolute atomic E-state index is 0.0341. The van der Waals surface area contributed by atoms with Crippen LogP contribution in [0, 0.1) is 10.1 Å². The summed E-state index contributed by atoms with van der Waals surface area (Å²) in [6, 6.07) is 12.8. The number of rotatable bonds is 7. The quantitative estimate of drug-likeness (QED) is 0.271. The van der Waals surface area contributed by atoms with Gasteiger partial charge in [0.2, 0.25) is 0 Å². The summed E-state index contributed by atoms with van der Waals surface area (Å²) in [5, 5.41) is 15.5. The Labute approximate surface area is 164 Å². The normalized spacial score (nSPS) is 11.3. The molecule has 148 valence electrons. The molecule has 1 aromatic heterocycles. The summed E-state index contributed by atoms with van der Waals surface area (Å²) in [6.45, 7) is 1.82. The lowest BCUT2D eigenvalue weighted by molar-refractivity contribution is -0.384. The van der Waals surface area contributed by atoms with E-state index in [-0.39, 0.29) is 30.2 Å². The number of non-ortho nitro benzene ring substituents is 1. The number of hydrazone groups is 1. The molecular weight excluding hydrogens is 378 g/mol. The lowest BCUT2D eigenvalue weighted by Crippen LogP contribution is -2.22. The molecule has 10 nitrogen and oxygen atoms in total. The van der Waals surface area contributed by atoms with Crippen molar-refractivity contribution in [2.45, 2.75) is 13.3 Å². The predicted octanol–water partition coefficient (Wildman–Crippen LogP) is 2.41. The molecule has 2 N–H and O–H groups in total. The first-order valence-electron chi connectivity index (χ1n) is 8.70. The fourth-order valence-corrected chi connectivity index (χ4v) is 2.61. The van der Waals surface area contributed by atoms with E-state index < -0.39 is 16.6 Å². The van der Waals surface area contributed by atoms with Gasteiger partial charge in [-0.05, 0) is 24.6 Å². The first-order valence-corrected chi connectivity index (χ1v) is 8.70. The van der Waals surface area contributed by atoms with Crippen LogP contribution in [-0.4, -0.2) is 33.2 Å². The molecule has 0 unspecified atom stereocenters. The van der Waals surface area contributed by atoms with Crippen molar-refractivity contribution in [3.8, 4) is 0 Å². The van der Waals surface area contributed by atoms with Gasteiger partial charge in [-0.15, -0.1) is 0 Å². The monoisotopic (exact) mass is 395 g/mol. The number of H-pyrrole nitrogens is 1. The van der Waals surface area contributed by atoms with Gasteiger partial charge in [0.1, 0.15) is 5.71 Å². The third kappa shape index (κ3) is 4.80. The van der Waals surface area contributed by atoms with E-state index in [9.17, 15) is 19.7 Å². The smallest absolute Gasteiger partial charge is 0.354 e. The van der Waals surface area contributed by atoms with Crippen LogP contribution in [0.25, 0.3) is 10.9 Å². The number of carbonyl (C=O) groups is 1. The number of hydrogen-bond acceptors (Lipinski definition) is 8. The van der Waals surface area contributed by atoms with E-state index >= 15 is 0 Å². The molecule has 0 spiro atoms. The van der Waals surface area contributed by atoms with Gasteiger partial charge in [0.25, 0.3) is 5.69 Å². The summed E-state index contributed by atoms with van der Waals surface area (Å²) >= 11 is 0. The molecule has 0 fully saturated rings. The van der Waals surface area contributed by atoms with Crippen LogP contribution in [0.5, 0.6) is 0 Å². The molecule has 0 amide bonds. The number of aromatic nitrogens is 2. The van der Waals surface area contributed by atoms with Crippen LogP contribution >= 0.6 is 0 Å². The molecule has 0 saturated heterocycles. The maximum atomic E-state index is 12.3. The highest BCUT2D eigenvalue weighted by Crippen LogP contribution is 2.17. The Kier molecular flexibility index (Phi) is 5.93. The zero-order valence-electron chi connectivity index (χ0n) is 15.4. The van der Waals surface area contributed by atoms with Crippen molar-refractivity contribution < 1.29 is 14.5 Å². The van der Waals surface area contributed by atoms with Crippen LogP contribution in [0.4, 0.5) is 11.5 Å². The number of fused-ring (bicyclic) bond motifs is 1. The van der Waals surface area contributed by atoms with Crippen molar-refractivity contribution in [1.29, 1.82) is 0 Å². The summed E-state index contributed by atoms with van der Waals surface area (Å²) in [6.07, 6.45) is 0.0744. The molecule has 0 atom stereocenters. The Bertz CT molecular complexity index is 1140. The highest BCUT2D eigenvalue weighted by Gasteiger charge is 2.15. The van der Waals surface area contributed by atoms with Gasteiger partial charge >= 0.3 is 11.7 Å². The highest BCUT2D eigenvalue weighted by molar-refractivity contribution is 6.37. The van der Waals surface area contributed by atoms with Crippen molar-refractivity contribution in [3.63, 3.8) is 0 Å². The number of nitro benzene ring substituents is 1. The molecule has 0 saturated carbocycles. The molecule has 3 rings (SSSR count). The largest absolute Gasteiger partial charge is 0.461 e. The molecule has 0 aliphatic heterocycles. The molecule has 0 radical (unpaired) electrons. The van der Waals surface area contributed by atoms with E-state index in [2.05, 4.69) is 20.5 Å². The van der Waals surface area contributed by atoms with Crippen molar-refractivity contribution in [2.24, 2.45) is 5.10 Å². The second kappa shape index (κ2) is 8.74. The number of nitro groups is 1. The van der Waals surface area contributed by atoms with Gasteiger partial charge in [-0.2, -0.15) is 10.1 Å². The Morgan fingerprint density at radius 3 is 2.66 bits per heavy atom. The summed E-state index contributed by atoms with van der Waals surface area (Å²) in [4.78, 5) is 40.8. The molecule has 0 aliphatic carbocycles. The van der Waals surface area contributed by atoms with Crippen molar-refractivity contribution in [2.75, 3.05) is 12.0 Å². The number of carbonyl (C=O) groups excluding carboxylic acids is 1. The molecule has 29 heavy (non-hydrogen) atoms. The van der Waals surface area contributed by atoms with E-state index in [0.29, 0.717) is 16.5 Å². The zero-order chi connectivity index (χ0) is 20.8. The fraction of sp³-hybridized carbons (Fsp3) is 0.158. The van der Waals surface area contributed by atoms with E-state index in [0.717, 1.165) is 0 Å². The van der Waals surface area contributed by atoms with Gasteiger partial charge in [-0.3, -0.25) is 15.5 Å². The lowest BCUT2D eigenvalue weighted by atomic mass is 10.1. The number of hydrogen-bond donors (Lipinski definition) is 2. The van der Waals surface area contributed by atoms with Gasteiger partial charge in [-0.25, -0.2) is 9.59 Å². The lowest BCUT2D eigenvalue weighted by Gasteiger charge is -2.08. The molecule has 10 heteroatoms. The van der Waals surface area contributed by atoms with Gasteiger partial charge < -0.3 is 9.72 Å². The second-order valence-electron chi connectivity index (χ2n) is 5.93. The van der Waals surface area contributed by atoms with E-state index in [1.807, 2.05) is 0 Å². The standard InChI is InChI=1S/C19H17N5O5/c1-2-29-18(25)16(11-12-7-9-13(10-8-12)24(27)28)22-23-17-14-5-3-4-6-15(14)20-19(26)21-17/h3-10H,2,11H2,1H3,(H2,20,21,23,26)/b22-16-. The number of nitrogens with zero attached hydrogens (tertiary/aromatic N) is 3. The number of aromatic amines is 1. The molecule has 2 aromatic carbocycles. The van der Waals surface area contributed by atoms with Crippen molar-refractivity contribution in [1.82, 2.24) is 9.97 Å². The predicted molar refractivity (Wildman–Crippen MR) is 107 cm³/mol. The Hall–Kier alpha value is -4.08. The molecule has 0 bridgehead atoms. The van der Waals surface area contributed by atoms with Gasteiger partial charge in [-0.1, -0.05) is 24.3 Å². The number of anilines is 1. The summed E-state index contributed by atoms with van der Waals surface area (Å²) < 4.78 is 5.03. The number of ether oxygens (including phenoxy) is 1. The van der Waals surface area contributed by atoms with Crippen LogP contribution in [-0.2, 0) is 16.0 Å². The van der Waals surface area contributed by atoms with Gasteiger partial charge in [0.05, 0.1) is 17.0 Å². The number of esters is 1. The number of nitrogens with one attached hydrogen (secondary N) is 2. The molecule has 3 aromatic rings. The number of para-hydroxylation sites is 1. The fourth-order valence-electron chi connectivity index (χ4n) is 2.61. The van der Waals surface area contributed by atoms with Crippen molar-refractivity contribution >= 4 is 34.1 Å². The van der Waals surface area contributed by atoms with Crippen LogP contribution in [0.3, 0.4) is 0 Å². The van der Waals surface area contributed by atoms with Crippen LogP contribution in [0.2, 0.25) is 0 Å². The van der Waals surface area contributed by atoms with Crippen molar-refractivity contribution in [3.05, 3.63) is 74.7 Å². The van der Waals surface area contributed by atoms with Gasteiger partial charge in [0.15, 0.2) is 5.82 Å². The Morgan fingerprint density at radius 2 is 1.97 bits per heavy atom. The minimum Gasteiger partial charge on any atom is -0.461 e. The summed E-state index contributed by atoms with van der Waals surface area (Å²) in [5.41, 5.74) is 3.28. The van der Waals surface area contributed by atoms with Crippen LogP contribution < -0.4 is 11.1 Å². The third-order valence-corrected chi connectivity index (χ3v) is 3.96. The highest BCUT2D eigenvalue weighted by atomic mass is 16.6. The maximum absolute atomic E-state index is 12.3. The maximum Gasteiger partial charge on any atom is 0.354 e. The minimum atomic E-state index is -0.646. The van der Waals surface area contributed by atoms with Crippen LogP contribution in [0.15, 0.2) is 58.4 Å². The van der Waals surface area contributed by atoms with E-state index in [1.54, 1.807) is 31.2 Å². The average molecular weight is 395 g/mol. The molecular formula is C19H17N5O5. The summed E-state index contributed by atoms with van der Waals surface area (Å²) in [5.74, 6) is -0.456. The average Bonchev–Trinajstić information content (AvgIpc) is 2.71. The summed E-state index contributed by atoms with van der Waals surface area (Å²) in [7, 11) is 0. The Balaban J connectivity index is 1.91. The van der Waals surface area contributed by atoms with Crippen LogP contribution in [0.1, 0.15) is 12.5 Å². The Morgan fingerprint density at radius 1 is 1.24 bits per heavy atom. The third-order valence-electron chi connectivity index (χ3n) is 3.96. The second-order valence-corrected chi connectivity index (χ2v) is 5.93.